The number of ether oxygens (including phenoxy) is 1. The molecule has 1 aliphatic heterocycles. The molecule has 2 rings (SSSR count). The van der Waals surface area contributed by atoms with Gasteiger partial charge in [-0.1, -0.05) is 52.9 Å². The highest BCUT2D eigenvalue weighted by Crippen LogP contribution is 2.32. The fourth-order valence-electron chi connectivity index (χ4n) is 1.73. The average Bonchev–Trinajstić information content (AvgIpc) is 2.67. The standard InChI is InChI=1S/C11H13IO/c12-8-10-6-7-11(13-10)9-4-2-1-3-5-9/h1-5,10-11H,6-8H2/t10-,11+/m0/s1. The first kappa shape index (κ1) is 9.46. The van der Waals surface area contributed by atoms with Crippen molar-refractivity contribution in [2.24, 2.45) is 0 Å². The molecule has 1 saturated heterocycles. The lowest BCUT2D eigenvalue weighted by atomic mass is 10.1. The monoisotopic (exact) mass is 288 g/mol. The Hall–Kier alpha value is -0.0900. The summed E-state index contributed by atoms with van der Waals surface area (Å²) in [5, 5.41) is 0. The summed E-state index contributed by atoms with van der Waals surface area (Å²) in [6.45, 7) is 0. The maximum Gasteiger partial charge on any atom is 0.0830 e. The second-order valence-corrected chi connectivity index (χ2v) is 4.27. The Kier molecular flexibility index (Phi) is 3.22. The first-order valence-electron chi connectivity index (χ1n) is 4.66. The van der Waals surface area contributed by atoms with Gasteiger partial charge in [0.2, 0.25) is 0 Å². The third-order valence-electron chi connectivity index (χ3n) is 2.45. The van der Waals surface area contributed by atoms with Crippen molar-refractivity contribution >= 4 is 22.6 Å². The number of halogens is 1. The van der Waals surface area contributed by atoms with Gasteiger partial charge >= 0.3 is 0 Å². The first-order chi connectivity index (χ1) is 6.40. The van der Waals surface area contributed by atoms with Crippen molar-refractivity contribution in [1.29, 1.82) is 0 Å². The van der Waals surface area contributed by atoms with Crippen LogP contribution in [-0.2, 0) is 4.74 Å². The molecule has 0 bridgehead atoms. The highest BCUT2D eigenvalue weighted by molar-refractivity contribution is 14.1. The van der Waals surface area contributed by atoms with Gasteiger partial charge in [0.25, 0.3) is 0 Å². The molecule has 1 aliphatic rings. The SMILES string of the molecule is IC[C@@H]1CC[C@H](c2ccccc2)O1. The van der Waals surface area contributed by atoms with E-state index < -0.39 is 0 Å². The molecule has 0 spiro atoms. The second-order valence-electron chi connectivity index (χ2n) is 3.39. The van der Waals surface area contributed by atoms with E-state index in [-0.39, 0.29) is 0 Å². The summed E-state index contributed by atoms with van der Waals surface area (Å²) in [4.78, 5) is 0. The van der Waals surface area contributed by atoms with Gasteiger partial charge in [-0.3, -0.25) is 0 Å². The Balaban J connectivity index is 2.04. The second kappa shape index (κ2) is 4.42. The van der Waals surface area contributed by atoms with Crippen molar-refractivity contribution < 1.29 is 4.74 Å². The minimum Gasteiger partial charge on any atom is -0.370 e. The molecule has 1 fully saturated rings. The molecular formula is C11H13IO. The van der Waals surface area contributed by atoms with Crippen molar-refractivity contribution in [3.05, 3.63) is 35.9 Å². The predicted molar refractivity (Wildman–Crippen MR) is 62.2 cm³/mol. The van der Waals surface area contributed by atoms with Gasteiger partial charge in [-0.25, -0.2) is 0 Å². The van der Waals surface area contributed by atoms with E-state index in [0.29, 0.717) is 12.2 Å². The molecule has 0 radical (unpaired) electrons. The van der Waals surface area contributed by atoms with Crippen LogP contribution in [-0.4, -0.2) is 10.5 Å². The molecule has 0 saturated carbocycles. The van der Waals surface area contributed by atoms with E-state index in [4.69, 9.17) is 4.74 Å². The molecule has 70 valence electrons. The van der Waals surface area contributed by atoms with Gasteiger partial charge in [-0.15, -0.1) is 0 Å². The summed E-state index contributed by atoms with van der Waals surface area (Å²) in [6, 6.07) is 10.5. The van der Waals surface area contributed by atoms with E-state index in [1.165, 1.54) is 18.4 Å². The molecule has 1 aromatic carbocycles. The minimum atomic E-state index is 0.348. The van der Waals surface area contributed by atoms with Crippen LogP contribution < -0.4 is 0 Å². The van der Waals surface area contributed by atoms with Gasteiger partial charge in [0.15, 0.2) is 0 Å². The maximum atomic E-state index is 5.89. The molecule has 0 unspecified atom stereocenters. The summed E-state index contributed by atoms with van der Waals surface area (Å²) < 4.78 is 7.00. The molecule has 1 heterocycles. The quantitative estimate of drug-likeness (QED) is 0.599. The van der Waals surface area contributed by atoms with Crippen molar-refractivity contribution in [2.75, 3.05) is 4.43 Å². The van der Waals surface area contributed by atoms with Crippen LogP contribution in [0.3, 0.4) is 0 Å². The fourth-order valence-corrected chi connectivity index (χ4v) is 2.38. The third kappa shape index (κ3) is 2.23. The van der Waals surface area contributed by atoms with Crippen LogP contribution in [0.2, 0.25) is 0 Å². The Morgan fingerprint density at radius 3 is 2.62 bits per heavy atom. The molecule has 2 atom stereocenters. The smallest absolute Gasteiger partial charge is 0.0830 e. The zero-order valence-corrected chi connectivity index (χ0v) is 9.61. The van der Waals surface area contributed by atoms with Gasteiger partial charge in [-0.2, -0.15) is 0 Å². The first-order valence-corrected chi connectivity index (χ1v) is 6.19. The van der Waals surface area contributed by atoms with Crippen LogP contribution >= 0.6 is 22.6 Å². The molecule has 0 aromatic heterocycles. The number of hydrogen-bond donors (Lipinski definition) is 0. The van der Waals surface area contributed by atoms with Gasteiger partial charge in [0, 0.05) is 4.43 Å². The molecule has 2 heteroatoms. The van der Waals surface area contributed by atoms with Crippen molar-refractivity contribution in [3.8, 4) is 0 Å². The largest absolute Gasteiger partial charge is 0.370 e. The van der Waals surface area contributed by atoms with E-state index in [9.17, 15) is 0 Å². The maximum absolute atomic E-state index is 5.89. The zero-order chi connectivity index (χ0) is 9.10. The normalized spacial score (nSPS) is 27.8. The van der Waals surface area contributed by atoms with Crippen LogP contribution in [0.15, 0.2) is 30.3 Å². The van der Waals surface area contributed by atoms with Crippen molar-refractivity contribution in [2.45, 2.75) is 25.0 Å². The minimum absolute atomic E-state index is 0.348. The zero-order valence-electron chi connectivity index (χ0n) is 7.45. The molecular weight excluding hydrogens is 275 g/mol. The average molecular weight is 288 g/mol. The van der Waals surface area contributed by atoms with Crippen LogP contribution in [0.5, 0.6) is 0 Å². The van der Waals surface area contributed by atoms with Gasteiger partial charge < -0.3 is 4.74 Å². The van der Waals surface area contributed by atoms with E-state index >= 15 is 0 Å². The number of alkyl halides is 1. The lowest BCUT2D eigenvalue weighted by Gasteiger charge is -2.11. The number of benzene rings is 1. The fraction of sp³-hybridized carbons (Fsp3) is 0.455. The van der Waals surface area contributed by atoms with Gasteiger partial charge in [0.1, 0.15) is 0 Å². The lowest BCUT2D eigenvalue weighted by molar-refractivity contribution is 0.0597. The number of rotatable bonds is 2. The van der Waals surface area contributed by atoms with Crippen LogP contribution in [0, 0.1) is 0 Å². The summed E-state index contributed by atoms with van der Waals surface area (Å²) in [5.74, 6) is 0. The Morgan fingerprint density at radius 1 is 1.23 bits per heavy atom. The Bertz CT molecular complexity index is 260. The Morgan fingerprint density at radius 2 is 2.00 bits per heavy atom. The molecule has 0 aliphatic carbocycles. The summed E-state index contributed by atoms with van der Waals surface area (Å²) in [6.07, 6.45) is 3.21. The summed E-state index contributed by atoms with van der Waals surface area (Å²) >= 11 is 2.39. The molecule has 1 nitrogen and oxygen atoms in total. The van der Waals surface area contributed by atoms with E-state index in [2.05, 4.69) is 46.9 Å². The highest BCUT2D eigenvalue weighted by Gasteiger charge is 2.24. The topological polar surface area (TPSA) is 9.23 Å². The third-order valence-corrected chi connectivity index (χ3v) is 3.43. The van der Waals surface area contributed by atoms with E-state index in [1.54, 1.807) is 0 Å². The van der Waals surface area contributed by atoms with Crippen LogP contribution in [0.4, 0.5) is 0 Å². The highest BCUT2D eigenvalue weighted by atomic mass is 127. The predicted octanol–water partition coefficient (Wildman–Crippen LogP) is 3.34. The summed E-state index contributed by atoms with van der Waals surface area (Å²) in [5.41, 5.74) is 1.33. The van der Waals surface area contributed by atoms with Crippen LogP contribution in [0.1, 0.15) is 24.5 Å². The summed E-state index contributed by atoms with van der Waals surface area (Å²) in [7, 11) is 0. The molecule has 13 heavy (non-hydrogen) atoms. The van der Waals surface area contributed by atoms with E-state index in [1.807, 2.05) is 6.07 Å². The molecule has 0 N–H and O–H groups in total. The van der Waals surface area contributed by atoms with Crippen molar-refractivity contribution in [3.63, 3.8) is 0 Å². The molecule has 1 aromatic rings. The van der Waals surface area contributed by atoms with Crippen molar-refractivity contribution in [1.82, 2.24) is 0 Å². The van der Waals surface area contributed by atoms with Crippen LogP contribution in [0.25, 0.3) is 0 Å². The van der Waals surface area contributed by atoms with E-state index in [0.717, 1.165) is 4.43 Å². The lowest BCUT2D eigenvalue weighted by Crippen LogP contribution is -2.07. The molecule has 0 amide bonds. The van der Waals surface area contributed by atoms with Gasteiger partial charge in [0.05, 0.1) is 12.2 Å². The number of hydrogen-bond acceptors (Lipinski definition) is 1. The Labute approximate surface area is 92.6 Å². The van der Waals surface area contributed by atoms with Gasteiger partial charge in [-0.05, 0) is 18.4 Å².